The smallest absolute Gasteiger partial charge is 0.348 e. The van der Waals surface area contributed by atoms with Crippen molar-refractivity contribution < 1.29 is 18.0 Å². The summed E-state index contributed by atoms with van der Waals surface area (Å²) in [5, 5.41) is 3.55. The number of halogens is 3. The molecule has 1 unspecified atom stereocenters. The molecule has 1 aliphatic rings. The molecule has 144 valence electrons. The Kier molecular flexibility index (Phi) is 5.51. The fourth-order valence-electron chi connectivity index (χ4n) is 3.30. The van der Waals surface area contributed by atoms with Gasteiger partial charge in [0.25, 0.3) is 5.91 Å². The van der Waals surface area contributed by atoms with Gasteiger partial charge in [-0.2, -0.15) is 13.2 Å². The molecule has 0 radical (unpaired) electrons. The molecule has 0 spiro atoms. The largest absolute Gasteiger partial charge is 0.392 e. The fraction of sp³-hybridized carbons (Fsp3) is 0.400. The highest BCUT2D eigenvalue weighted by molar-refractivity contribution is 6.00. The number of benzene rings is 1. The third kappa shape index (κ3) is 4.30. The first kappa shape index (κ1) is 19.4. The van der Waals surface area contributed by atoms with E-state index in [-0.39, 0.29) is 24.8 Å². The van der Waals surface area contributed by atoms with Gasteiger partial charge >= 0.3 is 6.18 Å². The van der Waals surface area contributed by atoms with Crippen LogP contribution in [0.4, 0.5) is 13.2 Å². The number of nitrogens with zero attached hydrogens (tertiary/aromatic N) is 1. The zero-order valence-electron chi connectivity index (χ0n) is 15.0. The zero-order chi connectivity index (χ0) is 19.6. The molecule has 4 nitrogen and oxygen atoms in total. The number of carbonyl (C=O) groups is 1. The first-order chi connectivity index (χ1) is 12.8. The molecule has 1 aromatic heterocycles. The third-order valence-corrected chi connectivity index (χ3v) is 4.94. The number of allylic oxidation sites excluding steroid dienone is 2. The molecule has 2 atom stereocenters. The molecule has 3 rings (SSSR count). The third-order valence-electron chi connectivity index (χ3n) is 4.94. The number of rotatable bonds is 4. The number of nitrogens with one attached hydrogen (secondary N) is 1. The van der Waals surface area contributed by atoms with Crippen LogP contribution in [0, 0.1) is 5.92 Å². The van der Waals surface area contributed by atoms with Gasteiger partial charge in [0.05, 0.1) is 17.0 Å². The van der Waals surface area contributed by atoms with E-state index in [4.69, 9.17) is 5.73 Å². The van der Waals surface area contributed by atoms with Crippen molar-refractivity contribution in [2.24, 2.45) is 11.7 Å². The van der Waals surface area contributed by atoms with E-state index in [2.05, 4.69) is 10.3 Å². The average Bonchev–Trinajstić information content (AvgIpc) is 2.66. The first-order valence-corrected chi connectivity index (χ1v) is 8.95. The molecule has 1 amide bonds. The Morgan fingerprint density at radius 3 is 2.81 bits per heavy atom. The predicted octanol–water partition coefficient (Wildman–Crippen LogP) is 4.06. The van der Waals surface area contributed by atoms with E-state index < -0.39 is 12.1 Å². The van der Waals surface area contributed by atoms with Gasteiger partial charge in [-0.1, -0.05) is 18.2 Å². The van der Waals surface area contributed by atoms with Gasteiger partial charge in [-0.05, 0) is 49.5 Å². The van der Waals surface area contributed by atoms with Gasteiger partial charge in [0, 0.05) is 24.2 Å². The molecule has 0 saturated carbocycles. The molecule has 3 N–H and O–H groups in total. The normalized spacial score (nSPS) is 18.9. The highest BCUT2D eigenvalue weighted by atomic mass is 19.4. The fourth-order valence-corrected chi connectivity index (χ4v) is 3.30. The van der Waals surface area contributed by atoms with Gasteiger partial charge in [-0.25, -0.2) is 0 Å². The van der Waals surface area contributed by atoms with Crippen LogP contribution in [0.1, 0.15) is 42.1 Å². The Morgan fingerprint density at radius 2 is 2.19 bits per heavy atom. The molecular formula is C20H22F3N3O. The van der Waals surface area contributed by atoms with Crippen LogP contribution in [-0.2, 0) is 0 Å². The van der Waals surface area contributed by atoms with Gasteiger partial charge in [0.1, 0.15) is 0 Å². The maximum absolute atomic E-state index is 12.9. The lowest BCUT2D eigenvalue weighted by atomic mass is 9.85. The van der Waals surface area contributed by atoms with Crippen LogP contribution in [0.2, 0.25) is 0 Å². The summed E-state index contributed by atoms with van der Waals surface area (Å²) in [5.41, 5.74) is 8.35. The van der Waals surface area contributed by atoms with Gasteiger partial charge in [-0.3, -0.25) is 9.78 Å². The predicted molar refractivity (Wildman–Crippen MR) is 99.1 cm³/mol. The summed E-state index contributed by atoms with van der Waals surface area (Å²) in [6.45, 7) is 2.13. The number of alkyl halides is 3. The summed E-state index contributed by atoms with van der Waals surface area (Å²) < 4.78 is 38.7. The summed E-state index contributed by atoms with van der Waals surface area (Å²) in [7, 11) is 0. The highest BCUT2D eigenvalue weighted by Gasteiger charge is 2.39. The van der Waals surface area contributed by atoms with Gasteiger partial charge in [0.15, 0.2) is 0 Å². The lowest BCUT2D eigenvalue weighted by molar-refractivity contribution is -0.175. The van der Waals surface area contributed by atoms with E-state index in [0.717, 1.165) is 16.5 Å². The Hall–Kier alpha value is -2.41. The van der Waals surface area contributed by atoms with Crippen molar-refractivity contribution in [2.45, 2.75) is 38.4 Å². The Labute approximate surface area is 155 Å². The molecule has 1 aromatic carbocycles. The lowest BCUT2D eigenvalue weighted by Gasteiger charge is -2.24. The van der Waals surface area contributed by atoms with E-state index in [1.807, 2.05) is 25.1 Å². The SMILES string of the molecule is C[C@H](CN)NC(=O)c1cnc2cccc(C3=CCC(C(F)(F)F)CC3)c2c1. The highest BCUT2D eigenvalue weighted by Crippen LogP contribution is 2.40. The van der Waals surface area contributed by atoms with Gasteiger partial charge in [-0.15, -0.1) is 0 Å². The van der Waals surface area contributed by atoms with Crippen molar-refractivity contribution >= 4 is 22.4 Å². The number of nitrogens with two attached hydrogens (primary N) is 1. The summed E-state index contributed by atoms with van der Waals surface area (Å²) in [6.07, 6.45) is -0.583. The lowest BCUT2D eigenvalue weighted by Crippen LogP contribution is -2.37. The maximum atomic E-state index is 12.9. The van der Waals surface area contributed by atoms with Crippen LogP contribution < -0.4 is 11.1 Å². The van der Waals surface area contributed by atoms with E-state index >= 15 is 0 Å². The van der Waals surface area contributed by atoms with Crippen molar-refractivity contribution in [3.8, 4) is 0 Å². The second-order valence-electron chi connectivity index (χ2n) is 6.95. The summed E-state index contributed by atoms with van der Waals surface area (Å²) in [4.78, 5) is 16.7. The van der Waals surface area contributed by atoms with Crippen molar-refractivity contribution in [1.82, 2.24) is 10.3 Å². The number of hydrogen-bond acceptors (Lipinski definition) is 3. The van der Waals surface area contributed by atoms with Crippen LogP contribution in [0.25, 0.3) is 16.5 Å². The molecule has 0 saturated heterocycles. The van der Waals surface area contributed by atoms with E-state index in [9.17, 15) is 18.0 Å². The number of fused-ring (bicyclic) bond motifs is 1. The van der Waals surface area contributed by atoms with E-state index in [1.54, 1.807) is 12.1 Å². The quantitative estimate of drug-likeness (QED) is 0.844. The number of carbonyl (C=O) groups excluding carboxylic acids is 1. The van der Waals surface area contributed by atoms with Crippen molar-refractivity contribution in [3.05, 3.63) is 47.7 Å². The minimum Gasteiger partial charge on any atom is -0.348 e. The Bertz CT molecular complexity index is 876. The zero-order valence-corrected chi connectivity index (χ0v) is 15.0. The van der Waals surface area contributed by atoms with Crippen LogP contribution in [-0.4, -0.2) is 29.7 Å². The van der Waals surface area contributed by atoms with Crippen molar-refractivity contribution in [2.75, 3.05) is 6.54 Å². The molecule has 1 aliphatic carbocycles. The number of amides is 1. The Morgan fingerprint density at radius 1 is 1.41 bits per heavy atom. The van der Waals surface area contributed by atoms with Crippen molar-refractivity contribution in [1.29, 1.82) is 0 Å². The minimum absolute atomic E-state index is 0.0170. The standard InChI is InChI=1S/C20H22F3N3O/c1-12(10-24)26-19(27)14-9-17-16(3-2-4-18(17)25-11-14)13-5-7-15(8-6-13)20(21,22)23/h2-5,9,11-12,15H,6-8,10,24H2,1H3,(H,26,27)/t12-,15?/m1/s1. The monoisotopic (exact) mass is 377 g/mol. The summed E-state index contributed by atoms with van der Waals surface area (Å²) >= 11 is 0. The second kappa shape index (κ2) is 7.68. The maximum Gasteiger partial charge on any atom is 0.392 e. The molecule has 1 heterocycles. The molecule has 2 aromatic rings. The van der Waals surface area contributed by atoms with Crippen LogP contribution in [0.15, 0.2) is 36.5 Å². The Balaban J connectivity index is 1.93. The number of pyridine rings is 1. The van der Waals surface area contributed by atoms with Crippen LogP contribution >= 0.6 is 0 Å². The number of aromatic nitrogens is 1. The van der Waals surface area contributed by atoms with Crippen LogP contribution in [0.5, 0.6) is 0 Å². The van der Waals surface area contributed by atoms with E-state index in [0.29, 0.717) is 24.0 Å². The molecule has 0 fully saturated rings. The average molecular weight is 377 g/mol. The molecule has 7 heteroatoms. The minimum atomic E-state index is -4.16. The molecule has 0 bridgehead atoms. The van der Waals surface area contributed by atoms with Crippen LogP contribution in [0.3, 0.4) is 0 Å². The second-order valence-corrected chi connectivity index (χ2v) is 6.95. The molecular weight excluding hydrogens is 355 g/mol. The van der Waals surface area contributed by atoms with E-state index in [1.165, 1.54) is 6.20 Å². The van der Waals surface area contributed by atoms with Gasteiger partial charge < -0.3 is 11.1 Å². The van der Waals surface area contributed by atoms with Gasteiger partial charge in [0.2, 0.25) is 0 Å². The number of hydrogen-bond donors (Lipinski definition) is 2. The molecule has 0 aliphatic heterocycles. The first-order valence-electron chi connectivity index (χ1n) is 8.95. The molecule has 27 heavy (non-hydrogen) atoms. The summed E-state index contributed by atoms with van der Waals surface area (Å²) in [5.74, 6) is -1.56. The topological polar surface area (TPSA) is 68.0 Å². The van der Waals surface area contributed by atoms with Crippen molar-refractivity contribution in [3.63, 3.8) is 0 Å². The summed E-state index contributed by atoms with van der Waals surface area (Å²) in [6, 6.07) is 7.10.